The zero-order chi connectivity index (χ0) is 19.2. The number of nitrogens with two attached hydrogens (primary N) is 1. The molecule has 1 aliphatic carbocycles. The molecule has 7 heteroatoms. The van der Waals surface area contributed by atoms with Crippen molar-refractivity contribution in [3.63, 3.8) is 0 Å². The summed E-state index contributed by atoms with van der Waals surface area (Å²) in [5.41, 5.74) is 8.03. The number of hydrogen-bond acceptors (Lipinski definition) is 4. The summed E-state index contributed by atoms with van der Waals surface area (Å²) in [5, 5.41) is 1.83. The van der Waals surface area contributed by atoms with Crippen LogP contribution in [0.25, 0.3) is 27.2 Å². The fourth-order valence-electron chi connectivity index (χ4n) is 3.68. The van der Waals surface area contributed by atoms with E-state index in [0.717, 1.165) is 5.56 Å². The third kappa shape index (κ3) is 2.89. The third-order valence-corrected chi connectivity index (χ3v) is 5.00. The summed E-state index contributed by atoms with van der Waals surface area (Å²) >= 11 is 0. The van der Waals surface area contributed by atoms with Gasteiger partial charge in [-0.1, -0.05) is 12.1 Å². The number of allylic oxidation sites excluding steroid dienone is 1. The number of nitrogens with one attached hydrogen (secondary N) is 1. The van der Waals surface area contributed by atoms with Crippen LogP contribution in [0.1, 0.15) is 30.0 Å². The van der Waals surface area contributed by atoms with Crippen LogP contribution in [-0.4, -0.2) is 29.2 Å². The molecule has 3 N–H and O–H groups in total. The molecule has 1 aromatic carbocycles. The molecule has 0 saturated heterocycles. The highest BCUT2D eigenvalue weighted by Gasteiger charge is 2.47. The molecule has 0 spiro atoms. The van der Waals surface area contributed by atoms with Crippen molar-refractivity contribution in [1.29, 1.82) is 0 Å². The number of aromatic amines is 1. The minimum Gasteiger partial charge on any atom is -0.404 e. The number of H-pyrrole nitrogens is 1. The Morgan fingerprint density at radius 3 is 2.78 bits per heavy atom. The zero-order valence-corrected chi connectivity index (χ0v) is 14.7. The molecule has 2 heterocycles. The summed E-state index contributed by atoms with van der Waals surface area (Å²) in [4.78, 5) is 23.7. The Balaban J connectivity index is 2.02. The van der Waals surface area contributed by atoms with Gasteiger partial charge in [-0.15, -0.1) is 0 Å². The number of aromatic nitrogens is 2. The summed E-state index contributed by atoms with van der Waals surface area (Å²) in [6.45, 7) is 0. The lowest BCUT2D eigenvalue weighted by atomic mass is 9.77. The Kier molecular flexibility index (Phi) is 4.02. The van der Waals surface area contributed by atoms with Crippen LogP contribution in [0, 0.1) is 0 Å². The van der Waals surface area contributed by atoms with E-state index in [9.17, 15) is 13.6 Å². The second-order valence-corrected chi connectivity index (χ2v) is 6.79. The van der Waals surface area contributed by atoms with Gasteiger partial charge in [0.25, 0.3) is 5.56 Å². The van der Waals surface area contributed by atoms with Crippen molar-refractivity contribution in [2.75, 3.05) is 7.05 Å². The molecule has 1 saturated carbocycles. The van der Waals surface area contributed by atoms with Crippen LogP contribution in [0.15, 0.2) is 46.4 Å². The second-order valence-electron chi connectivity index (χ2n) is 6.79. The molecule has 5 nitrogen and oxygen atoms in total. The number of pyridine rings is 2. The normalized spacial score (nSPS) is 17.7. The highest BCUT2D eigenvalue weighted by molar-refractivity contribution is 6.13. The average molecular weight is 368 g/mol. The molecule has 3 aromatic rings. The van der Waals surface area contributed by atoms with Crippen LogP contribution in [0.5, 0.6) is 0 Å². The Hall–Kier alpha value is -3.09. The number of fused-ring (bicyclic) bond motifs is 3. The highest BCUT2D eigenvalue weighted by atomic mass is 19.3. The molecule has 1 fully saturated rings. The summed E-state index contributed by atoms with van der Waals surface area (Å²) in [6, 6.07) is 7.20. The molecule has 0 aliphatic heterocycles. The monoisotopic (exact) mass is 368 g/mol. The van der Waals surface area contributed by atoms with Crippen LogP contribution >= 0.6 is 0 Å². The summed E-state index contributed by atoms with van der Waals surface area (Å²) in [7, 11) is 1.64. The van der Waals surface area contributed by atoms with Crippen LogP contribution in [0.4, 0.5) is 8.78 Å². The van der Waals surface area contributed by atoms with Gasteiger partial charge in [0.05, 0.1) is 16.6 Å². The maximum Gasteiger partial charge on any atom is 0.258 e. The molecule has 0 radical (unpaired) electrons. The van der Waals surface area contributed by atoms with E-state index in [1.54, 1.807) is 19.3 Å². The fourth-order valence-corrected chi connectivity index (χ4v) is 3.68. The summed E-state index contributed by atoms with van der Waals surface area (Å²) < 4.78 is 26.9. The Bertz CT molecular complexity index is 1160. The van der Waals surface area contributed by atoms with Gasteiger partial charge in [-0.3, -0.25) is 14.8 Å². The standard InChI is InChI=1S/C20H18F2N4O/c1-24-10-13(9-23)11-2-3-14-15(6-11)17-16(4-5-25-19(17)27)26-18(14)12-7-20(21,22)8-12/h2-6,9-10,12H,7-8,23H2,1H3,(H,25,27)/b13-9+,24-10?. The molecule has 4 rings (SSSR count). The van der Waals surface area contributed by atoms with Crippen molar-refractivity contribution in [3.8, 4) is 0 Å². The molecular weight excluding hydrogens is 350 g/mol. The van der Waals surface area contributed by atoms with E-state index in [-0.39, 0.29) is 24.3 Å². The van der Waals surface area contributed by atoms with E-state index in [0.29, 0.717) is 32.9 Å². The zero-order valence-electron chi connectivity index (χ0n) is 14.7. The maximum atomic E-state index is 13.4. The van der Waals surface area contributed by atoms with Gasteiger partial charge < -0.3 is 10.7 Å². The quantitative estimate of drug-likeness (QED) is 0.547. The Morgan fingerprint density at radius 2 is 2.11 bits per heavy atom. The van der Waals surface area contributed by atoms with Gasteiger partial charge >= 0.3 is 0 Å². The third-order valence-electron chi connectivity index (χ3n) is 5.00. The molecule has 0 atom stereocenters. The van der Waals surface area contributed by atoms with Crippen molar-refractivity contribution in [3.05, 3.63) is 58.3 Å². The number of rotatable bonds is 3. The second kappa shape index (κ2) is 6.26. The van der Waals surface area contributed by atoms with Crippen molar-refractivity contribution in [2.24, 2.45) is 10.7 Å². The van der Waals surface area contributed by atoms with Crippen LogP contribution in [-0.2, 0) is 0 Å². The smallest absolute Gasteiger partial charge is 0.258 e. The van der Waals surface area contributed by atoms with Gasteiger partial charge in [-0.25, -0.2) is 8.78 Å². The first kappa shape index (κ1) is 17.3. The highest BCUT2D eigenvalue weighted by Crippen LogP contribution is 2.49. The minimum atomic E-state index is -2.64. The lowest BCUT2D eigenvalue weighted by molar-refractivity contribution is -0.0872. The number of nitrogens with zero attached hydrogens (tertiary/aromatic N) is 2. The SMILES string of the molecule is CN=C/C(=C\N)c1ccc2c(C3CC(F)(F)C3)nc3cc[nH]c(=O)c3c2c1. The van der Waals surface area contributed by atoms with Gasteiger partial charge in [0.15, 0.2) is 0 Å². The number of alkyl halides is 2. The maximum absolute atomic E-state index is 13.4. The fraction of sp³-hybridized carbons (Fsp3) is 0.250. The van der Waals surface area contributed by atoms with Crippen molar-refractivity contribution in [1.82, 2.24) is 9.97 Å². The van der Waals surface area contributed by atoms with Gasteiger partial charge in [-0.05, 0) is 23.1 Å². The van der Waals surface area contributed by atoms with Crippen LogP contribution in [0.3, 0.4) is 0 Å². The number of aliphatic imine (C=N–C) groups is 1. The van der Waals surface area contributed by atoms with Crippen LogP contribution in [0.2, 0.25) is 0 Å². The minimum absolute atomic E-state index is 0.220. The topological polar surface area (TPSA) is 84.1 Å². The Labute approximate surface area is 153 Å². The molecule has 2 aromatic heterocycles. The largest absolute Gasteiger partial charge is 0.404 e. The lowest BCUT2D eigenvalue weighted by Gasteiger charge is -2.35. The van der Waals surface area contributed by atoms with Crippen LogP contribution < -0.4 is 11.3 Å². The van der Waals surface area contributed by atoms with Gasteiger partial charge in [0.2, 0.25) is 5.92 Å². The first-order valence-corrected chi connectivity index (χ1v) is 8.61. The first-order chi connectivity index (χ1) is 12.9. The average Bonchev–Trinajstić information content (AvgIpc) is 2.63. The van der Waals surface area contributed by atoms with E-state index in [1.807, 2.05) is 18.2 Å². The molecule has 138 valence electrons. The van der Waals surface area contributed by atoms with Gasteiger partial charge in [0, 0.05) is 55.4 Å². The lowest BCUT2D eigenvalue weighted by Crippen LogP contribution is -2.34. The van der Waals surface area contributed by atoms with E-state index in [1.165, 1.54) is 12.4 Å². The van der Waals surface area contributed by atoms with E-state index >= 15 is 0 Å². The van der Waals surface area contributed by atoms with Crippen molar-refractivity contribution >= 4 is 33.5 Å². The molecular formula is C20H18F2N4O. The van der Waals surface area contributed by atoms with Crippen molar-refractivity contribution in [2.45, 2.75) is 24.7 Å². The molecule has 0 bridgehead atoms. The van der Waals surface area contributed by atoms with E-state index in [2.05, 4.69) is 15.0 Å². The van der Waals surface area contributed by atoms with Crippen molar-refractivity contribution < 1.29 is 8.78 Å². The predicted octanol–water partition coefficient (Wildman–Crippen LogP) is 3.59. The Morgan fingerprint density at radius 1 is 1.33 bits per heavy atom. The molecule has 0 amide bonds. The first-order valence-electron chi connectivity index (χ1n) is 8.61. The van der Waals surface area contributed by atoms with E-state index in [4.69, 9.17) is 5.73 Å². The number of halogens is 2. The predicted molar refractivity (Wildman–Crippen MR) is 103 cm³/mol. The van der Waals surface area contributed by atoms with Gasteiger partial charge in [-0.2, -0.15) is 0 Å². The number of benzene rings is 1. The van der Waals surface area contributed by atoms with E-state index < -0.39 is 5.92 Å². The van der Waals surface area contributed by atoms with Gasteiger partial charge in [0.1, 0.15) is 0 Å². The summed E-state index contributed by atoms with van der Waals surface area (Å²) in [5.74, 6) is -2.96. The molecule has 27 heavy (non-hydrogen) atoms. The number of hydrogen-bond donors (Lipinski definition) is 2. The summed E-state index contributed by atoms with van der Waals surface area (Å²) in [6.07, 6.45) is 4.14. The molecule has 1 aliphatic rings. The molecule has 0 unspecified atom stereocenters.